The van der Waals surface area contributed by atoms with Crippen LogP contribution < -0.4 is 0 Å². The molecule has 0 saturated carbocycles. The zero-order chi connectivity index (χ0) is 12.5. The van der Waals surface area contributed by atoms with Gasteiger partial charge in [0.2, 0.25) is 0 Å². The van der Waals surface area contributed by atoms with E-state index in [-0.39, 0.29) is 18.1 Å². The van der Waals surface area contributed by atoms with Gasteiger partial charge in [-0.25, -0.2) is 4.98 Å². The standard InChI is InChI=1S/C14H17NO2S/c1-9-6-10(8-17-9)12(16)7-14-15-11-4-2-3-5-13(11)18-14/h2-5,9-10,12,16H,6-8H2,1H3. The van der Waals surface area contributed by atoms with Crippen molar-refractivity contribution in [2.75, 3.05) is 6.61 Å². The van der Waals surface area contributed by atoms with Gasteiger partial charge in [0.15, 0.2) is 0 Å². The van der Waals surface area contributed by atoms with Crippen molar-refractivity contribution in [3.8, 4) is 0 Å². The number of rotatable bonds is 3. The van der Waals surface area contributed by atoms with Crippen molar-refractivity contribution >= 4 is 21.6 Å². The summed E-state index contributed by atoms with van der Waals surface area (Å²) < 4.78 is 6.70. The highest BCUT2D eigenvalue weighted by molar-refractivity contribution is 7.18. The molecule has 3 atom stereocenters. The fourth-order valence-electron chi connectivity index (χ4n) is 2.47. The maximum Gasteiger partial charge on any atom is 0.0964 e. The highest BCUT2D eigenvalue weighted by atomic mass is 32.1. The SMILES string of the molecule is CC1CC(C(O)Cc2nc3ccccc3s2)CO1. The molecule has 3 nitrogen and oxygen atoms in total. The topological polar surface area (TPSA) is 42.4 Å². The third-order valence-corrected chi connectivity index (χ3v) is 4.55. The number of aliphatic hydroxyl groups excluding tert-OH is 1. The molecule has 3 rings (SSSR count). The van der Waals surface area contributed by atoms with E-state index in [0.29, 0.717) is 13.0 Å². The fraction of sp³-hybridized carbons (Fsp3) is 0.500. The van der Waals surface area contributed by atoms with Crippen LogP contribution in [0.3, 0.4) is 0 Å². The summed E-state index contributed by atoms with van der Waals surface area (Å²) in [5, 5.41) is 11.2. The van der Waals surface area contributed by atoms with Crippen molar-refractivity contribution in [3.63, 3.8) is 0 Å². The molecule has 96 valence electrons. The number of hydrogen-bond donors (Lipinski definition) is 1. The molecule has 1 saturated heterocycles. The Morgan fingerprint density at radius 1 is 1.50 bits per heavy atom. The zero-order valence-corrected chi connectivity index (χ0v) is 11.2. The number of nitrogens with zero attached hydrogens (tertiary/aromatic N) is 1. The van der Waals surface area contributed by atoms with E-state index in [4.69, 9.17) is 4.74 Å². The second-order valence-electron chi connectivity index (χ2n) is 4.99. The Bertz CT molecular complexity index is 506. The summed E-state index contributed by atoms with van der Waals surface area (Å²) in [5.41, 5.74) is 1.03. The molecule has 0 bridgehead atoms. The highest BCUT2D eigenvalue weighted by Gasteiger charge is 2.28. The Balaban J connectivity index is 1.71. The maximum absolute atomic E-state index is 10.2. The number of hydrogen-bond acceptors (Lipinski definition) is 4. The average Bonchev–Trinajstić information content (AvgIpc) is 2.94. The Morgan fingerprint density at radius 2 is 2.33 bits per heavy atom. The first kappa shape index (κ1) is 12.1. The molecule has 1 aliphatic heterocycles. The molecule has 0 spiro atoms. The van der Waals surface area contributed by atoms with Gasteiger partial charge in [-0.3, -0.25) is 0 Å². The number of fused-ring (bicyclic) bond motifs is 1. The summed E-state index contributed by atoms with van der Waals surface area (Å²) in [4.78, 5) is 4.56. The zero-order valence-electron chi connectivity index (χ0n) is 10.4. The van der Waals surface area contributed by atoms with E-state index in [1.165, 1.54) is 4.70 Å². The van der Waals surface area contributed by atoms with Gasteiger partial charge < -0.3 is 9.84 Å². The molecule has 1 aromatic carbocycles. The molecule has 18 heavy (non-hydrogen) atoms. The van der Waals surface area contributed by atoms with Gasteiger partial charge in [-0.15, -0.1) is 11.3 Å². The Labute approximate surface area is 110 Å². The van der Waals surface area contributed by atoms with Crippen LogP contribution in [0, 0.1) is 5.92 Å². The second kappa shape index (κ2) is 4.96. The van der Waals surface area contributed by atoms with Crippen LogP contribution in [0.4, 0.5) is 0 Å². The molecule has 1 aromatic heterocycles. The van der Waals surface area contributed by atoms with Crippen LogP contribution in [-0.4, -0.2) is 28.9 Å². The van der Waals surface area contributed by atoms with E-state index in [0.717, 1.165) is 16.9 Å². The van der Waals surface area contributed by atoms with Crippen molar-refractivity contribution in [2.24, 2.45) is 5.92 Å². The largest absolute Gasteiger partial charge is 0.392 e. The van der Waals surface area contributed by atoms with Crippen LogP contribution in [0.15, 0.2) is 24.3 Å². The van der Waals surface area contributed by atoms with E-state index in [2.05, 4.69) is 18.0 Å². The first-order valence-corrected chi connectivity index (χ1v) is 7.18. The molecule has 2 heterocycles. The fourth-order valence-corrected chi connectivity index (χ4v) is 3.49. The lowest BCUT2D eigenvalue weighted by atomic mass is 9.97. The minimum absolute atomic E-state index is 0.256. The maximum atomic E-state index is 10.2. The number of para-hydroxylation sites is 1. The van der Waals surface area contributed by atoms with Gasteiger partial charge in [0.25, 0.3) is 0 Å². The minimum atomic E-state index is -0.337. The van der Waals surface area contributed by atoms with Crippen molar-refractivity contribution in [3.05, 3.63) is 29.3 Å². The third kappa shape index (κ3) is 2.41. The minimum Gasteiger partial charge on any atom is -0.392 e. The molecular weight excluding hydrogens is 246 g/mol. The summed E-state index contributed by atoms with van der Waals surface area (Å²) in [6, 6.07) is 8.11. The van der Waals surface area contributed by atoms with E-state index in [1.54, 1.807) is 11.3 Å². The van der Waals surface area contributed by atoms with Crippen LogP contribution in [0.1, 0.15) is 18.4 Å². The summed E-state index contributed by atoms with van der Waals surface area (Å²) in [7, 11) is 0. The van der Waals surface area contributed by atoms with E-state index in [9.17, 15) is 5.11 Å². The number of thiazole rings is 1. The molecule has 4 heteroatoms. The van der Waals surface area contributed by atoms with E-state index >= 15 is 0 Å². The molecule has 2 aromatic rings. The summed E-state index contributed by atoms with van der Waals surface area (Å²) in [5.74, 6) is 0.256. The normalized spacial score (nSPS) is 25.7. The van der Waals surface area contributed by atoms with Gasteiger partial charge in [0.1, 0.15) is 0 Å². The smallest absolute Gasteiger partial charge is 0.0964 e. The van der Waals surface area contributed by atoms with Crippen LogP contribution in [-0.2, 0) is 11.2 Å². The number of aliphatic hydroxyl groups is 1. The predicted molar refractivity (Wildman–Crippen MR) is 72.9 cm³/mol. The Morgan fingerprint density at radius 3 is 3.06 bits per heavy atom. The first-order chi connectivity index (χ1) is 8.72. The molecule has 1 N–H and O–H groups in total. The van der Waals surface area contributed by atoms with Crippen molar-refractivity contribution < 1.29 is 9.84 Å². The van der Waals surface area contributed by atoms with Gasteiger partial charge in [-0.05, 0) is 25.5 Å². The summed E-state index contributed by atoms with van der Waals surface area (Å²) in [6.07, 6.45) is 1.53. The van der Waals surface area contributed by atoms with Gasteiger partial charge in [-0.1, -0.05) is 12.1 Å². The monoisotopic (exact) mass is 263 g/mol. The van der Waals surface area contributed by atoms with Gasteiger partial charge in [0.05, 0.1) is 34.0 Å². The van der Waals surface area contributed by atoms with Crippen LogP contribution >= 0.6 is 11.3 Å². The molecule has 0 aliphatic carbocycles. The van der Waals surface area contributed by atoms with Crippen molar-refractivity contribution in [2.45, 2.75) is 32.0 Å². The molecule has 1 aliphatic rings. The molecular formula is C14H17NO2S. The lowest BCUT2D eigenvalue weighted by molar-refractivity contribution is 0.0807. The lowest BCUT2D eigenvalue weighted by Crippen LogP contribution is -2.23. The van der Waals surface area contributed by atoms with Crippen molar-refractivity contribution in [1.82, 2.24) is 4.98 Å². The summed E-state index contributed by atoms with van der Waals surface area (Å²) >= 11 is 1.67. The summed E-state index contributed by atoms with van der Waals surface area (Å²) in [6.45, 7) is 2.73. The van der Waals surface area contributed by atoms with Gasteiger partial charge >= 0.3 is 0 Å². The number of ether oxygens (including phenoxy) is 1. The lowest BCUT2D eigenvalue weighted by Gasteiger charge is -2.14. The highest BCUT2D eigenvalue weighted by Crippen LogP contribution is 2.27. The van der Waals surface area contributed by atoms with E-state index in [1.807, 2.05) is 18.2 Å². The quantitative estimate of drug-likeness (QED) is 0.925. The van der Waals surface area contributed by atoms with Gasteiger partial charge in [0, 0.05) is 12.3 Å². The third-order valence-electron chi connectivity index (χ3n) is 3.50. The van der Waals surface area contributed by atoms with Gasteiger partial charge in [-0.2, -0.15) is 0 Å². The predicted octanol–water partition coefficient (Wildman–Crippen LogP) is 2.62. The Hall–Kier alpha value is -0.970. The molecule has 1 fully saturated rings. The van der Waals surface area contributed by atoms with Crippen LogP contribution in [0.2, 0.25) is 0 Å². The number of benzene rings is 1. The molecule has 3 unspecified atom stereocenters. The molecule has 0 radical (unpaired) electrons. The van der Waals surface area contributed by atoms with Crippen LogP contribution in [0.25, 0.3) is 10.2 Å². The van der Waals surface area contributed by atoms with Crippen LogP contribution in [0.5, 0.6) is 0 Å². The van der Waals surface area contributed by atoms with Crippen molar-refractivity contribution in [1.29, 1.82) is 0 Å². The Kier molecular flexibility index (Phi) is 3.33. The second-order valence-corrected chi connectivity index (χ2v) is 6.10. The first-order valence-electron chi connectivity index (χ1n) is 6.36. The average molecular weight is 263 g/mol. The number of aromatic nitrogens is 1. The molecule has 0 amide bonds. The van der Waals surface area contributed by atoms with E-state index < -0.39 is 0 Å².